The minimum atomic E-state index is -0.0781. The van der Waals surface area contributed by atoms with Gasteiger partial charge in [0.2, 0.25) is 0 Å². The van der Waals surface area contributed by atoms with Gasteiger partial charge >= 0.3 is 0 Å². The fourth-order valence-electron chi connectivity index (χ4n) is 3.41. The number of thiocarbonyl (C=S) groups is 1. The number of halogens is 3. The van der Waals surface area contributed by atoms with E-state index in [1.807, 2.05) is 36.4 Å². The number of nitrogens with zero attached hydrogens (tertiary/aromatic N) is 2. The maximum Gasteiger partial charge on any atom is 0.174 e. The lowest BCUT2D eigenvalue weighted by Crippen LogP contribution is -2.44. The van der Waals surface area contributed by atoms with Gasteiger partial charge in [0, 0.05) is 45.2 Å². The average Bonchev–Trinajstić information content (AvgIpc) is 3.10. The van der Waals surface area contributed by atoms with Crippen molar-refractivity contribution in [2.45, 2.75) is 12.6 Å². The van der Waals surface area contributed by atoms with E-state index in [0.717, 1.165) is 34.5 Å². The molecule has 0 unspecified atom stereocenters. The van der Waals surface area contributed by atoms with E-state index in [0.29, 0.717) is 15.2 Å². The topological polar surface area (TPSA) is 20.2 Å². The van der Waals surface area contributed by atoms with Gasteiger partial charge in [0.05, 0.1) is 6.04 Å². The highest BCUT2D eigenvalue weighted by Gasteiger charge is 2.32. The molecule has 0 saturated heterocycles. The molecule has 3 nitrogen and oxygen atoms in total. The number of hydrogen-bond donors (Lipinski definition) is 1. The van der Waals surface area contributed by atoms with Crippen molar-refractivity contribution in [1.82, 2.24) is 9.47 Å². The molecule has 3 aromatic rings. The highest BCUT2D eigenvalue weighted by molar-refractivity contribution is 9.10. The molecule has 138 valence electrons. The van der Waals surface area contributed by atoms with E-state index in [1.165, 1.54) is 0 Å². The summed E-state index contributed by atoms with van der Waals surface area (Å²) >= 11 is 21.9. The van der Waals surface area contributed by atoms with Gasteiger partial charge in [-0.2, -0.15) is 0 Å². The Bertz CT molecular complexity index is 1000. The van der Waals surface area contributed by atoms with Crippen molar-refractivity contribution in [3.8, 4) is 0 Å². The van der Waals surface area contributed by atoms with E-state index in [-0.39, 0.29) is 6.04 Å². The third-order valence-electron chi connectivity index (χ3n) is 4.63. The van der Waals surface area contributed by atoms with Crippen LogP contribution in [0.5, 0.6) is 0 Å². The van der Waals surface area contributed by atoms with Crippen LogP contribution in [0.4, 0.5) is 5.69 Å². The molecule has 27 heavy (non-hydrogen) atoms. The van der Waals surface area contributed by atoms with Crippen LogP contribution in [0.1, 0.15) is 17.3 Å². The molecular formula is C20H16BrCl2N3S. The standard InChI is InChI=1S/C20H16BrCl2N3S/c21-13-3-1-4-15(11-13)24-20(27)26-10-9-25-8-2-5-18(25)19(26)16-7-6-14(22)12-17(16)23/h1-8,11-12,19H,9-10H2,(H,24,27)/t19-/m1/s1. The molecule has 7 heteroatoms. The van der Waals surface area contributed by atoms with E-state index in [1.54, 1.807) is 6.07 Å². The van der Waals surface area contributed by atoms with Gasteiger partial charge in [-0.25, -0.2) is 0 Å². The maximum atomic E-state index is 6.56. The van der Waals surface area contributed by atoms with Crippen molar-refractivity contribution in [2.24, 2.45) is 0 Å². The Morgan fingerprint density at radius 1 is 1.07 bits per heavy atom. The van der Waals surface area contributed by atoms with Gasteiger partial charge in [-0.1, -0.05) is 51.3 Å². The van der Waals surface area contributed by atoms with Crippen LogP contribution in [0.15, 0.2) is 65.3 Å². The minimum Gasteiger partial charge on any atom is -0.348 e. The number of nitrogens with one attached hydrogen (secondary N) is 1. The number of anilines is 1. The molecule has 2 aromatic carbocycles. The maximum absolute atomic E-state index is 6.56. The third-order valence-corrected chi connectivity index (χ3v) is 6.02. The van der Waals surface area contributed by atoms with Crippen LogP contribution in [0, 0.1) is 0 Å². The van der Waals surface area contributed by atoms with Gasteiger partial charge in [-0.3, -0.25) is 0 Å². The first kappa shape index (κ1) is 18.8. The largest absolute Gasteiger partial charge is 0.348 e. The van der Waals surface area contributed by atoms with E-state index < -0.39 is 0 Å². The van der Waals surface area contributed by atoms with E-state index in [2.05, 4.69) is 49.0 Å². The summed E-state index contributed by atoms with van der Waals surface area (Å²) in [6, 6.07) is 17.7. The number of fused-ring (bicyclic) bond motifs is 1. The van der Waals surface area contributed by atoms with E-state index in [9.17, 15) is 0 Å². The lowest BCUT2D eigenvalue weighted by molar-refractivity contribution is 0.293. The molecule has 4 rings (SSSR count). The molecule has 1 atom stereocenters. The fraction of sp³-hybridized carbons (Fsp3) is 0.150. The molecule has 1 N–H and O–H groups in total. The Morgan fingerprint density at radius 2 is 1.93 bits per heavy atom. The molecule has 0 bridgehead atoms. The van der Waals surface area contributed by atoms with Gasteiger partial charge < -0.3 is 14.8 Å². The second-order valence-electron chi connectivity index (χ2n) is 6.33. The molecule has 1 aliphatic rings. The highest BCUT2D eigenvalue weighted by atomic mass is 79.9. The highest BCUT2D eigenvalue weighted by Crippen LogP contribution is 2.37. The Labute approximate surface area is 182 Å². The zero-order chi connectivity index (χ0) is 19.0. The van der Waals surface area contributed by atoms with Crippen LogP contribution in [-0.2, 0) is 6.54 Å². The molecule has 0 spiro atoms. The Morgan fingerprint density at radius 3 is 2.70 bits per heavy atom. The van der Waals surface area contributed by atoms with Crippen molar-refractivity contribution in [3.63, 3.8) is 0 Å². The smallest absolute Gasteiger partial charge is 0.174 e. The summed E-state index contributed by atoms with van der Waals surface area (Å²) in [5, 5.41) is 5.28. The summed E-state index contributed by atoms with van der Waals surface area (Å²) in [4.78, 5) is 2.18. The third kappa shape index (κ3) is 3.87. The Balaban J connectivity index is 1.71. The van der Waals surface area contributed by atoms with Crippen LogP contribution in [0.3, 0.4) is 0 Å². The van der Waals surface area contributed by atoms with Crippen molar-refractivity contribution in [1.29, 1.82) is 0 Å². The molecule has 1 aliphatic heterocycles. The van der Waals surface area contributed by atoms with Crippen LogP contribution in [0.2, 0.25) is 10.0 Å². The number of hydrogen-bond acceptors (Lipinski definition) is 1. The molecule has 0 fully saturated rings. The van der Waals surface area contributed by atoms with Crippen LogP contribution < -0.4 is 5.32 Å². The quantitative estimate of drug-likeness (QED) is 0.431. The minimum absolute atomic E-state index is 0.0781. The normalized spacial score (nSPS) is 16.1. The van der Waals surface area contributed by atoms with E-state index >= 15 is 0 Å². The van der Waals surface area contributed by atoms with Crippen LogP contribution in [-0.4, -0.2) is 21.1 Å². The number of rotatable bonds is 2. The Hall–Kier alpha value is -1.53. The lowest BCUT2D eigenvalue weighted by Gasteiger charge is -2.39. The summed E-state index contributed by atoms with van der Waals surface area (Å²) in [5.74, 6) is 0. The first-order valence-electron chi connectivity index (χ1n) is 8.46. The average molecular weight is 481 g/mol. The van der Waals surface area contributed by atoms with Crippen LogP contribution in [0.25, 0.3) is 0 Å². The molecule has 1 aromatic heterocycles. The van der Waals surface area contributed by atoms with Crippen molar-refractivity contribution in [3.05, 3.63) is 86.6 Å². The molecule has 2 heterocycles. The number of aromatic nitrogens is 1. The van der Waals surface area contributed by atoms with Crippen LogP contribution >= 0.6 is 51.3 Å². The fourth-order valence-corrected chi connectivity index (χ4v) is 4.64. The summed E-state index contributed by atoms with van der Waals surface area (Å²) in [6.45, 7) is 1.65. The van der Waals surface area contributed by atoms with E-state index in [4.69, 9.17) is 35.4 Å². The van der Waals surface area contributed by atoms with Crippen molar-refractivity contribution >= 4 is 62.1 Å². The summed E-state index contributed by atoms with van der Waals surface area (Å²) in [7, 11) is 0. The predicted octanol–water partition coefficient (Wildman–Crippen LogP) is 6.36. The monoisotopic (exact) mass is 479 g/mol. The molecule has 0 saturated carbocycles. The Kier molecular flexibility index (Phi) is 5.46. The second kappa shape index (κ2) is 7.84. The molecule has 0 amide bonds. The number of benzene rings is 2. The van der Waals surface area contributed by atoms with Crippen molar-refractivity contribution in [2.75, 3.05) is 11.9 Å². The van der Waals surface area contributed by atoms with Gasteiger partial charge in [-0.05, 0) is 60.2 Å². The summed E-state index contributed by atoms with van der Waals surface area (Å²) < 4.78 is 3.24. The lowest BCUT2D eigenvalue weighted by atomic mass is 10.00. The predicted molar refractivity (Wildman–Crippen MR) is 120 cm³/mol. The van der Waals surface area contributed by atoms with Gasteiger partial charge in [0.15, 0.2) is 5.11 Å². The van der Waals surface area contributed by atoms with Gasteiger partial charge in [-0.15, -0.1) is 0 Å². The molecule has 0 aliphatic carbocycles. The van der Waals surface area contributed by atoms with Crippen molar-refractivity contribution < 1.29 is 0 Å². The van der Waals surface area contributed by atoms with Gasteiger partial charge in [0.1, 0.15) is 0 Å². The first-order valence-corrected chi connectivity index (χ1v) is 10.4. The molecule has 0 radical (unpaired) electrons. The summed E-state index contributed by atoms with van der Waals surface area (Å²) in [5.41, 5.74) is 3.08. The molecular weight excluding hydrogens is 465 g/mol. The SMILES string of the molecule is S=C(Nc1cccc(Br)c1)N1CCn2cccc2[C@H]1c1ccc(Cl)cc1Cl. The zero-order valence-corrected chi connectivity index (χ0v) is 18.1. The van der Waals surface area contributed by atoms with Gasteiger partial charge in [0.25, 0.3) is 0 Å². The first-order chi connectivity index (χ1) is 13.0. The zero-order valence-electron chi connectivity index (χ0n) is 14.2. The second-order valence-corrected chi connectivity index (χ2v) is 8.47. The summed E-state index contributed by atoms with van der Waals surface area (Å²) in [6.07, 6.45) is 2.09.